The Hall–Kier alpha value is -1.81. The first-order valence-electron chi connectivity index (χ1n) is 6.05. The first-order chi connectivity index (χ1) is 8.66. The highest BCUT2D eigenvalue weighted by molar-refractivity contribution is 5.38. The zero-order valence-electron chi connectivity index (χ0n) is 10.7. The van der Waals surface area contributed by atoms with Crippen molar-refractivity contribution in [1.29, 1.82) is 0 Å². The molecule has 0 bridgehead atoms. The number of rotatable bonds is 5. The average molecular weight is 246 g/mol. The Morgan fingerprint density at radius 1 is 1.44 bits per heavy atom. The van der Waals surface area contributed by atoms with E-state index in [1.54, 1.807) is 13.1 Å². The van der Waals surface area contributed by atoms with E-state index in [1.165, 1.54) is 0 Å². The number of benzene rings is 1. The van der Waals surface area contributed by atoms with Crippen molar-refractivity contribution < 1.29 is 9.84 Å². The normalized spacial score (nSPS) is 12.4. The molecule has 4 nitrogen and oxygen atoms in total. The van der Waals surface area contributed by atoms with Crippen molar-refractivity contribution in [2.45, 2.75) is 26.5 Å². The summed E-state index contributed by atoms with van der Waals surface area (Å²) in [5.74, 6) is 0.739. The first-order valence-corrected chi connectivity index (χ1v) is 6.05. The van der Waals surface area contributed by atoms with Crippen LogP contribution >= 0.6 is 0 Å². The van der Waals surface area contributed by atoms with Crippen LogP contribution in [0.2, 0.25) is 0 Å². The molecule has 96 valence electrons. The number of aromatic nitrogens is 2. The molecule has 1 heterocycles. The molecule has 0 saturated carbocycles. The van der Waals surface area contributed by atoms with Gasteiger partial charge in [-0.2, -0.15) is 5.10 Å². The lowest BCUT2D eigenvalue weighted by Gasteiger charge is -2.14. The van der Waals surface area contributed by atoms with E-state index in [2.05, 4.69) is 5.10 Å². The van der Waals surface area contributed by atoms with Crippen LogP contribution in [0.3, 0.4) is 0 Å². The monoisotopic (exact) mass is 246 g/mol. The third-order valence-corrected chi connectivity index (χ3v) is 2.75. The van der Waals surface area contributed by atoms with Gasteiger partial charge in [0.05, 0.1) is 12.6 Å². The third-order valence-electron chi connectivity index (χ3n) is 2.75. The highest BCUT2D eigenvalue weighted by Crippen LogP contribution is 2.26. The van der Waals surface area contributed by atoms with Gasteiger partial charge in [0.25, 0.3) is 0 Å². The van der Waals surface area contributed by atoms with E-state index in [4.69, 9.17) is 4.74 Å². The SMILES string of the molecule is Cc1ccc(OCCn2cccn2)c(C(C)O)c1. The van der Waals surface area contributed by atoms with Gasteiger partial charge in [0.1, 0.15) is 12.4 Å². The van der Waals surface area contributed by atoms with E-state index in [0.29, 0.717) is 13.2 Å². The summed E-state index contributed by atoms with van der Waals surface area (Å²) >= 11 is 0. The van der Waals surface area contributed by atoms with Crippen LogP contribution in [0.4, 0.5) is 0 Å². The van der Waals surface area contributed by atoms with Crippen molar-refractivity contribution >= 4 is 0 Å². The van der Waals surface area contributed by atoms with E-state index in [1.807, 2.05) is 42.1 Å². The Morgan fingerprint density at radius 2 is 2.28 bits per heavy atom. The third kappa shape index (κ3) is 3.11. The Balaban J connectivity index is 2.00. The van der Waals surface area contributed by atoms with Gasteiger partial charge in [0, 0.05) is 18.0 Å². The molecule has 0 saturated heterocycles. The minimum absolute atomic E-state index is 0.524. The molecule has 1 unspecified atom stereocenters. The van der Waals surface area contributed by atoms with Gasteiger partial charge >= 0.3 is 0 Å². The van der Waals surface area contributed by atoms with Gasteiger partial charge in [0.15, 0.2) is 0 Å². The second-order valence-corrected chi connectivity index (χ2v) is 4.33. The summed E-state index contributed by atoms with van der Waals surface area (Å²) in [5.41, 5.74) is 1.95. The number of ether oxygens (including phenoxy) is 1. The Kier molecular flexibility index (Phi) is 3.99. The van der Waals surface area contributed by atoms with Crippen LogP contribution < -0.4 is 4.74 Å². The van der Waals surface area contributed by atoms with Crippen LogP contribution in [0.1, 0.15) is 24.2 Å². The van der Waals surface area contributed by atoms with Gasteiger partial charge in [0.2, 0.25) is 0 Å². The minimum atomic E-state index is -0.524. The molecular formula is C14H18N2O2. The van der Waals surface area contributed by atoms with Gasteiger partial charge in [-0.15, -0.1) is 0 Å². The van der Waals surface area contributed by atoms with Crippen LogP contribution in [-0.2, 0) is 6.54 Å². The quantitative estimate of drug-likeness (QED) is 0.880. The topological polar surface area (TPSA) is 47.3 Å². The number of hydrogen-bond donors (Lipinski definition) is 1. The summed E-state index contributed by atoms with van der Waals surface area (Å²) in [6, 6.07) is 7.72. The lowest BCUT2D eigenvalue weighted by atomic mass is 10.1. The fourth-order valence-corrected chi connectivity index (χ4v) is 1.81. The summed E-state index contributed by atoms with van der Waals surface area (Å²) in [5, 5.41) is 13.8. The van der Waals surface area contributed by atoms with Crippen molar-refractivity contribution in [3.05, 3.63) is 47.8 Å². The first kappa shape index (κ1) is 12.6. The number of hydrogen-bond acceptors (Lipinski definition) is 3. The van der Waals surface area contributed by atoms with Gasteiger partial charge in [-0.3, -0.25) is 4.68 Å². The number of aryl methyl sites for hydroxylation is 1. The summed E-state index contributed by atoms with van der Waals surface area (Å²) in [6.07, 6.45) is 3.12. The fraction of sp³-hybridized carbons (Fsp3) is 0.357. The molecule has 0 radical (unpaired) electrons. The van der Waals surface area contributed by atoms with Gasteiger partial charge in [-0.05, 0) is 32.0 Å². The van der Waals surface area contributed by atoms with Crippen molar-refractivity contribution in [3.63, 3.8) is 0 Å². The highest BCUT2D eigenvalue weighted by atomic mass is 16.5. The Morgan fingerprint density at radius 3 is 2.94 bits per heavy atom. The molecule has 1 N–H and O–H groups in total. The molecule has 1 atom stereocenters. The number of aliphatic hydroxyl groups is 1. The highest BCUT2D eigenvalue weighted by Gasteiger charge is 2.09. The van der Waals surface area contributed by atoms with E-state index in [-0.39, 0.29) is 0 Å². The van der Waals surface area contributed by atoms with Crippen molar-refractivity contribution in [3.8, 4) is 5.75 Å². The molecule has 1 aromatic heterocycles. The largest absolute Gasteiger partial charge is 0.491 e. The zero-order chi connectivity index (χ0) is 13.0. The molecule has 1 aromatic carbocycles. The molecule has 18 heavy (non-hydrogen) atoms. The lowest BCUT2D eigenvalue weighted by Crippen LogP contribution is -2.10. The van der Waals surface area contributed by atoms with Gasteiger partial charge in [-0.1, -0.05) is 11.6 Å². The second kappa shape index (κ2) is 5.69. The van der Waals surface area contributed by atoms with Crippen LogP contribution in [0.15, 0.2) is 36.7 Å². The van der Waals surface area contributed by atoms with Crippen LogP contribution in [-0.4, -0.2) is 21.5 Å². The van der Waals surface area contributed by atoms with Crippen molar-refractivity contribution in [2.75, 3.05) is 6.61 Å². The predicted octanol–water partition coefficient (Wildman–Crippen LogP) is 2.32. The number of nitrogens with zero attached hydrogens (tertiary/aromatic N) is 2. The second-order valence-electron chi connectivity index (χ2n) is 4.33. The summed E-state index contributed by atoms with van der Waals surface area (Å²) in [6.45, 7) is 4.97. The van der Waals surface area contributed by atoms with Gasteiger partial charge in [-0.25, -0.2) is 0 Å². The Labute approximate surface area is 107 Å². The molecule has 4 heteroatoms. The summed E-state index contributed by atoms with van der Waals surface area (Å²) in [4.78, 5) is 0. The Bertz CT molecular complexity index is 493. The van der Waals surface area contributed by atoms with Crippen LogP contribution in [0.5, 0.6) is 5.75 Å². The standard InChI is InChI=1S/C14H18N2O2/c1-11-4-5-14(13(10-11)12(2)17)18-9-8-16-7-3-6-15-16/h3-7,10,12,17H,8-9H2,1-2H3. The van der Waals surface area contributed by atoms with Crippen LogP contribution in [0, 0.1) is 6.92 Å². The maximum Gasteiger partial charge on any atom is 0.125 e. The maximum atomic E-state index is 9.71. The maximum absolute atomic E-state index is 9.71. The molecule has 0 aliphatic heterocycles. The lowest BCUT2D eigenvalue weighted by molar-refractivity contribution is 0.190. The van der Waals surface area contributed by atoms with E-state index >= 15 is 0 Å². The van der Waals surface area contributed by atoms with Crippen molar-refractivity contribution in [1.82, 2.24) is 9.78 Å². The summed E-state index contributed by atoms with van der Waals surface area (Å²) < 4.78 is 7.52. The molecule has 2 aromatic rings. The predicted molar refractivity (Wildman–Crippen MR) is 69.5 cm³/mol. The minimum Gasteiger partial charge on any atom is -0.491 e. The molecular weight excluding hydrogens is 228 g/mol. The molecule has 0 fully saturated rings. The average Bonchev–Trinajstić information content (AvgIpc) is 2.84. The number of aliphatic hydroxyl groups excluding tert-OH is 1. The van der Waals surface area contributed by atoms with E-state index in [0.717, 1.165) is 16.9 Å². The fourth-order valence-electron chi connectivity index (χ4n) is 1.81. The summed E-state index contributed by atoms with van der Waals surface area (Å²) in [7, 11) is 0. The zero-order valence-corrected chi connectivity index (χ0v) is 10.7. The molecule has 0 aliphatic carbocycles. The van der Waals surface area contributed by atoms with Crippen molar-refractivity contribution in [2.24, 2.45) is 0 Å². The molecule has 0 aliphatic rings. The van der Waals surface area contributed by atoms with Crippen LogP contribution in [0.25, 0.3) is 0 Å². The van der Waals surface area contributed by atoms with Gasteiger partial charge < -0.3 is 9.84 Å². The van der Waals surface area contributed by atoms with E-state index < -0.39 is 6.10 Å². The smallest absolute Gasteiger partial charge is 0.125 e. The van der Waals surface area contributed by atoms with E-state index in [9.17, 15) is 5.11 Å². The molecule has 0 amide bonds. The molecule has 2 rings (SSSR count). The molecule has 0 spiro atoms.